The van der Waals surface area contributed by atoms with Crippen LogP contribution in [-0.4, -0.2) is 49.0 Å². The number of anilines is 1. The lowest BCUT2D eigenvalue weighted by Crippen LogP contribution is -2.44. The minimum absolute atomic E-state index is 0.0297. The van der Waals surface area contributed by atoms with Crippen LogP contribution in [0.4, 0.5) is 5.82 Å². The predicted molar refractivity (Wildman–Crippen MR) is 76.4 cm³/mol. The van der Waals surface area contributed by atoms with Crippen LogP contribution in [0.3, 0.4) is 0 Å². The summed E-state index contributed by atoms with van der Waals surface area (Å²) >= 11 is 0. The Bertz CT molecular complexity index is 435. The second-order valence-corrected chi connectivity index (χ2v) is 5.02. The standard InChI is InChI=1S/C14H22N4O/c1-15-13-9-11(6-7-16-13)14(19)17-10-12-5-3-4-8-18(12)2/h6-7,9,12H,3-5,8,10H2,1-2H3,(H,15,16)(H,17,19). The summed E-state index contributed by atoms with van der Waals surface area (Å²) in [5.41, 5.74) is 0.651. The normalized spacial score (nSPS) is 20.0. The number of piperidine rings is 1. The Morgan fingerprint density at radius 2 is 2.37 bits per heavy atom. The monoisotopic (exact) mass is 262 g/mol. The van der Waals surface area contributed by atoms with E-state index in [9.17, 15) is 4.79 Å². The van der Waals surface area contributed by atoms with Gasteiger partial charge < -0.3 is 15.5 Å². The molecule has 1 atom stereocenters. The molecule has 0 saturated carbocycles. The molecule has 5 nitrogen and oxygen atoms in total. The van der Waals surface area contributed by atoms with Gasteiger partial charge in [0.1, 0.15) is 5.82 Å². The summed E-state index contributed by atoms with van der Waals surface area (Å²) in [6.07, 6.45) is 5.32. The van der Waals surface area contributed by atoms with Gasteiger partial charge in [0.25, 0.3) is 5.91 Å². The van der Waals surface area contributed by atoms with Crippen molar-refractivity contribution in [1.29, 1.82) is 0 Å². The van der Waals surface area contributed by atoms with Gasteiger partial charge in [-0.05, 0) is 38.6 Å². The Balaban J connectivity index is 1.89. The highest BCUT2D eigenvalue weighted by Crippen LogP contribution is 2.14. The van der Waals surface area contributed by atoms with Gasteiger partial charge in [-0.2, -0.15) is 0 Å². The highest BCUT2D eigenvalue weighted by atomic mass is 16.1. The molecule has 2 rings (SSSR count). The molecule has 1 amide bonds. The Labute approximate surface area is 114 Å². The average molecular weight is 262 g/mol. The van der Waals surface area contributed by atoms with E-state index in [1.54, 1.807) is 25.4 Å². The fourth-order valence-electron chi connectivity index (χ4n) is 2.42. The van der Waals surface area contributed by atoms with Gasteiger partial charge in [0, 0.05) is 31.4 Å². The van der Waals surface area contributed by atoms with Crippen molar-refractivity contribution in [1.82, 2.24) is 15.2 Å². The summed E-state index contributed by atoms with van der Waals surface area (Å²) in [7, 11) is 3.92. The lowest BCUT2D eigenvalue weighted by Gasteiger charge is -2.32. The molecule has 1 aliphatic rings. The number of carbonyl (C=O) groups excluding carboxylic acids is 1. The molecule has 0 aromatic carbocycles. The number of nitrogens with zero attached hydrogens (tertiary/aromatic N) is 2. The zero-order valence-electron chi connectivity index (χ0n) is 11.6. The van der Waals surface area contributed by atoms with Crippen molar-refractivity contribution < 1.29 is 4.79 Å². The van der Waals surface area contributed by atoms with Crippen LogP contribution in [-0.2, 0) is 0 Å². The van der Waals surface area contributed by atoms with Gasteiger partial charge in [-0.25, -0.2) is 4.98 Å². The molecule has 0 spiro atoms. The highest BCUT2D eigenvalue weighted by Gasteiger charge is 2.19. The first-order chi connectivity index (χ1) is 9.20. The molecule has 0 bridgehead atoms. The molecule has 1 aliphatic heterocycles. The summed E-state index contributed by atoms with van der Waals surface area (Å²) in [4.78, 5) is 18.5. The number of likely N-dealkylation sites (N-methyl/N-ethyl adjacent to an activating group) is 1. The largest absolute Gasteiger partial charge is 0.373 e. The quantitative estimate of drug-likeness (QED) is 0.859. The maximum absolute atomic E-state index is 12.1. The fraction of sp³-hybridized carbons (Fsp3) is 0.571. The Hall–Kier alpha value is -1.62. The maximum atomic E-state index is 12.1. The number of nitrogens with one attached hydrogen (secondary N) is 2. The summed E-state index contributed by atoms with van der Waals surface area (Å²) < 4.78 is 0. The van der Waals surface area contributed by atoms with Crippen LogP contribution in [0.2, 0.25) is 0 Å². The van der Waals surface area contributed by atoms with E-state index in [0.29, 0.717) is 24.0 Å². The van der Waals surface area contributed by atoms with E-state index in [2.05, 4.69) is 27.6 Å². The zero-order valence-corrected chi connectivity index (χ0v) is 11.6. The lowest BCUT2D eigenvalue weighted by atomic mass is 10.0. The average Bonchev–Trinajstić information content (AvgIpc) is 2.46. The van der Waals surface area contributed by atoms with Gasteiger partial charge in [0.2, 0.25) is 0 Å². The Morgan fingerprint density at radius 3 is 3.11 bits per heavy atom. The van der Waals surface area contributed by atoms with Crippen molar-refractivity contribution in [3.63, 3.8) is 0 Å². The summed E-state index contributed by atoms with van der Waals surface area (Å²) in [5.74, 6) is 0.681. The molecule has 1 unspecified atom stereocenters. The SMILES string of the molecule is CNc1cc(C(=O)NCC2CCCCN2C)ccn1. The Morgan fingerprint density at radius 1 is 1.53 bits per heavy atom. The number of amides is 1. The van der Waals surface area contributed by atoms with Crippen molar-refractivity contribution in [2.24, 2.45) is 0 Å². The van der Waals surface area contributed by atoms with Crippen LogP contribution in [0.1, 0.15) is 29.6 Å². The van der Waals surface area contributed by atoms with Gasteiger partial charge in [-0.15, -0.1) is 0 Å². The minimum Gasteiger partial charge on any atom is -0.373 e. The second-order valence-electron chi connectivity index (χ2n) is 5.02. The molecule has 1 aromatic heterocycles. The maximum Gasteiger partial charge on any atom is 0.251 e. The number of hydrogen-bond acceptors (Lipinski definition) is 4. The first kappa shape index (κ1) is 13.8. The number of hydrogen-bond donors (Lipinski definition) is 2. The van der Waals surface area contributed by atoms with E-state index < -0.39 is 0 Å². The van der Waals surface area contributed by atoms with Crippen LogP contribution in [0.25, 0.3) is 0 Å². The van der Waals surface area contributed by atoms with E-state index >= 15 is 0 Å². The molecule has 2 N–H and O–H groups in total. The number of carbonyl (C=O) groups is 1. The number of aromatic nitrogens is 1. The van der Waals surface area contributed by atoms with Gasteiger partial charge in [0.15, 0.2) is 0 Å². The van der Waals surface area contributed by atoms with E-state index in [0.717, 1.165) is 13.0 Å². The molecule has 104 valence electrons. The molecule has 1 fully saturated rings. The molecular formula is C14H22N4O. The van der Waals surface area contributed by atoms with Crippen LogP contribution in [0, 0.1) is 0 Å². The van der Waals surface area contributed by atoms with E-state index in [-0.39, 0.29) is 5.91 Å². The topological polar surface area (TPSA) is 57.3 Å². The molecule has 1 aromatic rings. The molecule has 0 aliphatic carbocycles. The number of pyridine rings is 1. The number of likely N-dealkylation sites (tertiary alicyclic amines) is 1. The lowest BCUT2D eigenvalue weighted by molar-refractivity contribution is 0.0928. The molecule has 2 heterocycles. The minimum atomic E-state index is -0.0297. The van der Waals surface area contributed by atoms with Crippen LogP contribution in [0.15, 0.2) is 18.3 Å². The van der Waals surface area contributed by atoms with E-state index in [1.807, 2.05) is 0 Å². The summed E-state index contributed by atoms with van der Waals surface area (Å²) in [6, 6.07) is 3.96. The molecule has 0 radical (unpaired) electrons. The van der Waals surface area contributed by atoms with Gasteiger partial charge >= 0.3 is 0 Å². The second kappa shape index (κ2) is 6.52. The first-order valence-electron chi connectivity index (χ1n) is 6.83. The fourth-order valence-corrected chi connectivity index (χ4v) is 2.42. The number of rotatable bonds is 4. The predicted octanol–water partition coefficient (Wildman–Crippen LogP) is 1.34. The molecule has 19 heavy (non-hydrogen) atoms. The third-order valence-electron chi connectivity index (χ3n) is 3.70. The Kier molecular flexibility index (Phi) is 4.74. The van der Waals surface area contributed by atoms with Gasteiger partial charge in [-0.3, -0.25) is 4.79 Å². The van der Waals surface area contributed by atoms with Crippen molar-refractivity contribution in [3.8, 4) is 0 Å². The van der Waals surface area contributed by atoms with Gasteiger partial charge in [-0.1, -0.05) is 6.42 Å². The first-order valence-corrected chi connectivity index (χ1v) is 6.83. The van der Waals surface area contributed by atoms with Crippen molar-refractivity contribution >= 4 is 11.7 Å². The van der Waals surface area contributed by atoms with Crippen LogP contribution < -0.4 is 10.6 Å². The van der Waals surface area contributed by atoms with Crippen molar-refractivity contribution in [3.05, 3.63) is 23.9 Å². The third kappa shape index (κ3) is 3.67. The third-order valence-corrected chi connectivity index (χ3v) is 3.70. The highest BCUT2D eigenvalue weighted by molar-refractivity contribution is 5.94. The van der Waals surface area contributed by atoms with Gasteiger partial charge in [0.05, 0.1) is 0 Å². The van der Waals surface area contributed by atoms with E-state index in [1.165, 1.54) is 12.8 Å². The van der Waals surface area contributed by atoms with Crippen molar-refractivity contribution in [2.45, 2.75) is 25.3 Å². The van der Waals surface area contributed by atoms with Crippen molar-refractivity contribution in [2.75, 3.05) is 32.5 Å². The van der Waals surface area contributed by atoms with Crippen LogP contribution >= 0.6 is 0 Å². The molecule has 1 saturated heterocycles. The molecule has 5 heteroatoms. The smallest absolute Gasteiger partial charge is 0.251 e. The zero-order chi connectivity index (χ0) is 13.7. The molecular weight excluding hydrogens is 240 g/mol. The van der Waals surface area contributed by atoms with Crippen LogP contribution in [0.5, 0.6) is 0 Å². The van der Waals surface area contributed by atoms with E-state index in [4.69, 9.17) is 0 Å². The summed E-state index contributed by atoms with van der Waals surface area (Å²) in [5, 5.41) is 5.95. The summed E-state index contributed by atoms with van der Waals surface area (Å²) in [6.45, 7) is 1.84.